The largest absolute Gasteiger partial charge is 0.466 e. The topological polar surface area (TPSA) is 46.6 Å². The standard InChI is InChI=1S/C15H27NO3/c1-3-6-13-7-5-9-16(10-8-13)12-14(17)11-15(18)19-4-2/h13H,3-12H2,1-2H3. The Bertz CT molecular complexity index is 291. The van der Waals surface area contributed by atoms with E-state index in [0.29, 0.717) is 13.2 Å². The Hall–Kier alpha value is -0.900. The van der Waals surface area contributed by atoms with Gasteiger partial charge >= 0.3 is 5.97 Å². The molecule has 1 fully saturated rings. The van der Waals surface area contributed by atoms with E-state index in [1.165, 1.54) is 25.7 Å². The monoisotopic (exact) mass is 269 g/mol. The summed E-state index contributed by atoms with van der Waals surface area (Å²) in [4.78, 5) is 25.2. The fraction of sp³-hybridized carbons (Fsp3) is 0.867. The van der Waals surface area contributed by atoms with Gasteiger partial charge in [-0.2, -0.15) is 0 Å². The molecule has 1 atom stereocenters. The smallest absolute Gasteiger partial charge is 0.313 e. The van der Waals surface area contributed by atoms with Crippen molar-refractivity contribution in [3.05, 3.63) is 0 Å². The number of ether oxygens (including phenoxy) is 1. The van der Waals surface area contributed by atoms with Gasteiger partial charge in [0.1, 0.15) is 6.42 Å². The predicted molar refractivity (Wildman–Crippen MR) is 74.9 cm³/mol. The number of hydrogen-bond donors (Lipinski definition) is 0. The van der Waals surface area contributed by atoms with Crippen molar-refractivity contribution in [2.45, 2.75) is 52.4 Å². The molecule has 0 aromatic heterocycles. The number of likely N-dealkylation sites (tertiary alicyclic amines) is 1. The molecule has 19 heavy (non-hydrogen) atoms. The highest BCUT2D eigenvalue weighted by Crippen LogP contribution is 2.21. The molecule has 0 aromatic carbocycles. The second-order valence-corrected chi connectivity index (χ2v) is 5.38. The third-order valence-electron chi connectivity index (χ3n) is 3.68. The second-order valence-electron chi connectivity index (χ2n) is 5.38. The lowest BCUT2D eigenvalue weighted by Gasteiger charge is -2.19. The predicted octanol–water partition coefficient (Wildman–Crippen LogP) is 2.41. The summed E-state index contributed by atoms with van der Waals surface area (Å²) in [5, 5.41) is 0. The van der Waals surface area contributed by atoms with Crippen molar-refractivity contribution in [1.82, 2.24) is 4.90 Å². The van der Waals surface area contributed by atoms with E-state index in [2.05, 4.69) is 11.8 Å². The highest BCUT2D eigenvalue weighted by molar-refractivity contribution is 5.96. The summed E-state index contributed by atoms with van der Waals surface area (Å²) >= 11 is 0. The third-order valence-corrected chi connectivity index (χ3v) is 3.68. The van der Waals surface area contributed by atoms with Crippen LogP contribution in [0.5, 0.6) is 0 Å². The lowest BCUT2D eigenvalue weighted by Crippen LogP contribution is -2.32. The Morgan fingerprint density at radius 1 is 1.21 bits per heavy atom. The van der Waals surface area contributed by atoms with Gasteiger partial charge in [0.25, 0.3) is 0 Å². The first-order valence-electron chi connectivity index (χ1n) is 7.55. The minimum absolute atomic E-state index is 0.0209. The van der Waals surface area contributed by atoms with Gasteiger partial charge in [-0.05, 0) is 45.2 Å². The van der Waals surface area contributed by atoms with Gasteiger partial charge in [0.15, 0.2) is 5.78 Å². The lowest BCUT2D eigenvalue weighted by atomic mass is 9.96. The first-order valence-corrected chi connectivity index (χ1v) is 7.55. The van der Waals surface area contributed by atoms with Crippen LogP contribution in [0.4, 0.5) is 0 Å². The number of rotatable bonds is 7. The van der Waals surface area contributed by atoms with Crippen LogP contribution in [-0.4, -0.2) is 42.9 Å². The van der Waals surface area contributed by atoms with E-state index in [-0.39, 0.29) is 12.2 Å². The minimum Gasteiger partial charge on any atom is -0.466 e. The summed E-state index contributed by atoms with van der Waals surface area (Å²) in [5.41, 5.74) is 0. The maximum absolute atomic E-state index is 11.8. The summed E-state index contributed by atoms with van der Waals surface area (Å²) < 4.78 is 4.80. The van der Waals surface area contributed by atoms with Crippen molar-refractivity contribution in [1.29, 1.82) is 0 Å². The molecule has 1 aliphatic rings. The molecule has 0 aliphatic carbocycles. The molecule has 1 rings (SSSR count). The van der Waals surface area contributed by atoms with E-state index in [1.807, 2.05) is 0 Å². The van der Waals surface area contributed by atoms with Gasteiger partial charge in [0, 0.05) is 0 Å². The molecule has 0 saturated carbocycles. The van der Waals surface area contributed by atoms with Crippen LogP contribution in [0.1, 0.15) is 52.4 Å². The molecule has 0 spiro atoms. The molecule has 1 heterocycles. The van der Waals surface area contributed by atoms with E-state index in [1.54, 1.807) is 6.92 Å². The fourth-order valence-electron chi connectivity index (χ4n) is 2.76. The van der Waals surface area contributed by atoms with Crippen LogP contribution in [0.15, 0.2) is 0 Å². The van der Waals surface area contributed by atoms with Crippen LogP contribution in [-0.2, 0) is 14.3 Å². The average molecular weight is 269 g/mol. The van der Waals surface area contributed by atoms with Crippen molar-refractivity contribution in [2.24, 2.45) is 5.92 Å². The highest BCUT2D eigenvalue weighted by atomic mass is 16.5. The zero-order chi connectivity index (χ0) is 14.1. The number of carbonyl (C=O) groups is 2. The van der Waals surface area contributed by atoms with Crippen LogP contribution in [0.2, 0.25) is 0 Å². The lowest BCUT2D eigenvalue weighted by molar-refractivity contribution is -0.145. The van der Waals surface area contributed by atoms with E-state index < -0.39 is 5.97 Å². The van der Waals surface area contributed by atoms with Crippen LogP contribution in [0.25, 0.3) is 0 Å². The maximum atomic E-state index is 11.8. The van der Waals surface area contributed by atoms with E-state index in [4.69, 9.17) is 4.74 Å². The number of nitrogens with zero attached hydrogens (tertiary/aromatic N) is 1. The number of ketones is 1. The Morgan fingerprint density at radius 2 is 2.00 bits per heavy atom. The number of Topliss-reactive ketones (excluding diaryl/α,β-unsaturated/α-hetero) is 1. The van der Waals surface area contributed by atoms with Gasteiger partial charge in [0.05, 0.1) is 13.2 Å². The number of esters is 1. The van der Waals surface area contributed by atoms with Gasteiger partial charge in [0.2, 0.25) is 0 Å². The Balaban J connectivity index is 2.28. The SMILES string of the molecule is CCCC1CCCN(CC(=O)CC(=O)OCC)CC1. The molecule has 0 amide bonds. The van der Waals surface area contributed by atoms with Crippen LogP contribution < -0.4 is 0 Å². The van der Waals surface area contributed by atoms with E-state index in [9.17, 15) is 9.59 Å². The average Bonchev–Trinajstić information content (AvgIpc) is 2.55. The zero-order valence-electron chi connectivity index (χ0n) is 12.3. The Kier molecular flexibility index (Phi) is 7.72. The molecule has 0 radical (unpaired) electrons. The number of hydrogen-bond acceptors (Lipinski definition) is 4. The Morgan fingerprint density at radius 3 is 2.68 bits per heavy atom. The van der Waals surface area contributed by atoms with Gasteiger partial charge in [-0.25, -0.2) is 0 Å². The van der Waals surface area contributed by atoms with E-state index >= 15 is 0 Å². The first-order chi connectivity index (χ1) is 9.15. The summed E-state index contributed by atoms with van der Waals surface area (Å²) in [6.45, 7) is 6.69. The third kappa shape index (κ3) is 6.71. The molecule has 1 unspecified atom stereocenters. The molecular formula is C15H27NO3. The molecule has 1 aliphatic heterocycles. The molecule has 1 saturated heterocycles. The molecule has 110 valence electrons. The van der Waals surface area contributed by atoms with Crippen LogP contribution in [0, 0.1) is 5.92 Å². The van der Waals surface area contributed by atoms with Crippen LogP contribution in [0.3, 0.4) is 0 Å². The zero-order valence-corrected chi connectivity index (χ0v) is 12.3. The second kappa shape index (κ2) is 9.08. The van der Waals surface area contributed by atoms with Crippen molar-refractivity contribution in [2.75, 3.05) is 26.2 Å². The maximum Gasteiger partial charge on any atom is 0.313 e. The summed E-state index contributed by atoms with van der Waals surface area (Å²) in [7, 11) is 0. The van der Waals surface area contributed by atoms with Crippen molar-refractivity contribution in [3.63, 3.8) is 0 Å². The molecule has 0 N–H and O–H groups in total. The van der Waals surface area contributed by atoms with Crippen molar-refractivity contribution < 1.29 is 14.3 Å². The van der Waals surface area contributed by atoms with Crippen LogP contribution >= 0.6 is 0 Å². The van der Waals surface area contributed by atoms with Gasteiger partial charge in [-0.1, -0.05) is 19.8 Å². The number of carbonyl (C=O) groups excluding carboxylic acids is 2. The molecule has 0 aromatic rings. The normalized spacial score (nSPS) is 20.8. The first kappa shape index (κ1) is 16.2. The fourth-order valence-corrected chi connectivity index (χ4v) is 2.76. The molecule has 0 bridgehead atoms. The van der Waals surface area contributed by atoms with Gasteiger partial charge in [-0.3, -0.25) is 14.5 Å². The summed E-state index contributed by atoms with van der Waals surface area (Å²) in [6.07, 6.45) is 6.08. The molecular weight excluding hydrogens is 242 g/mol. The molecule has 4 nitrogen and oxygen atoms in total. The summed E-state index contributed by atoms with van der Waals surface area (Å²) in [5.74, 6) is 0.397. The minimum atomic E-state index is -0.397. The van der Waals surface area contributed by atoms with Crippen molar-refractivity contribution >= 4 is 11.8 Å². The van der Waals surface area contributed by atoms with Crippen molar-refractivity contribution in [3.8, 4) is 0 Å². The van der Waals surface area contributed by atoms with Gasteiger partial charge in [-0.15, -0.1) is 0 Å². The highest BCUT2D eigenvalue weighted by Gasteiger charge is 2.19. The van der Waals surface area contributed by atoms with Gasteiger partial charge < -0.3 is 4.74 Å². The summed E-state index contributed by atoms with van der Waals surface area (Å²) in [6, 6.07) is 0. The van der Waals surface area contributed by atoms with E-state index in [0.717, 1.165) is 25.4 Å². The Labute approximate surface area is 116 Å². The molecule has 4 heteroatoms. The quantitative estimate of drug-likeness (QED) is 0.526.